The lowest BCUT2D eigenvalue weighted by molar-refractivity contribution is 0.262. The standard InChI is InChI=1S/C6H14O2Si/c1-3-7-5-6-9-8-4-2/h3H,1,4-6,9H2,2H3. The van der Waals surface area contributed by atoms with Crippen molar-refractivity contribution in [3.05, 3.63) is 12.8 Å². The van der Waals surface area contributed by atoms with Gasteiger partial charge in [-0.3, -0.25) is 0 Å². The van der Waals surface area contributed by atoms with Gasteiger partial charge in [0.05, 0.1) is 12.9 Å². The van der Waals surface area contributed by atoms with Crippen molar-refractivity contribution in [2.45, 2.75) is 13.0 Å². The van der Waals surface area contributed by atoms with Crippen molar-refractivity contribution in [1.82, 2.24) is 0 Å². The highest BCUT2D eigenvalue weighted by Gasteiger charge is 1.85. The van der Waals surface area contributed by atoms with Crippen LogP contribution in [0.5, 0.6) is 0 Å². The van der Waals surface area contributed by atoms with Gasteiger partial charge in [0.25, 0.3) is 0 Å². The zero-order chi connectivity index (χ0) is 6.95. The summed E-state index contributed by atoms with van der Waals surface area (Å²) in [6.45, 7) is 7.07. The smallest absolute Gasteiger partial charge is 0.164 e. The first-order valence-electron chi connectivity index (χ1n) is 3.22. The molecule has 0 amide bonds. The Morgan fingerprint density at radius 2 is 2.44 bits per heavy atom. The highest BCUT2D eigenvalue weighted by Crippen LogP contribution is 1.82. The summed E-state index contributed by atoms with van der Waals surface area (Å²) in [6.07, 6.45) is 1.47. The normalized spacial score (nSPS) is 10.3. The van der Waals surface area contributed by atoms with Crippen LogP contribution in [0.2, 0.25) is 6.04 Å². The average Bonchev–Trinajstić information content (AvgIpc) is 1.89. The second-order valence-electron chi connectivity index (χ2n) is 1.59. The molecule has 3 heteroatoms. The summed E-state index contributed by atoms with van der Waals surface area (Å²) in [6, 6.07) is 1.08. The van der Waals surface area contributed by atoms with E-state index in [2.05, 4.69) is 6.58 Å². The number of ether oxygens (including phenoxy) is 1. The molecule has 0 aliphatic carbocycles. The lowest BCUT2D eigenvalue weighted by Crippen LogP contribution is -2.00. The molecule has 0 aromatic carbocycles. The molecule has 0 aromatic rings. The van der Waals surface area contributed by atoms with Gasteiger partial charge in [-0.25, -0.2) is 0 Å². The van der Waals surface area contributed by atoms with E-state index in [4.69, 9.17) is 9.16 Å². The lowest BCUT2D eigenvalue weighted by atomic mass is 10.8. The summed E-state index contributed by atoms with van der Waals surface area (Å²) in [5, 5.41) is 0. The van der Waals surface area contributed by atoms with E-state index in [0.717, 1.165) is 19.3 Å². The molecule has 0 bridgehead atoms. The van der Waals surface area contributed by atoms with E-state index in [1.807, 2.05) is 6.92 Å². The van der Waals surface area contributed by atoms with Gasteiger partial charge in [-0.15, -0.1) is 0 Å². The minimum Gasteiger partial charge on any atom is -0.502 e. The zero-order valence-electron chi connectivity index (χ0n) is 5.93. The Morgan fingerprint density at radius 3 is 3.00 bits per heavy atom. The van der Waals surface area contributed by atoms with Gasteiger partial charge in [0.15, 0.2) is 9.76 Å². The molecule has 0 aliphatic heterocycles. The van der Waals surface area contributed by atoms with E-state index in [-0.39, 0.29) is 9.76 Å². The molecule has 0 atom stereocenters. The van der Waals surface area contributed by atoms with Gasteiger partial charge >= 0.3 is 0 Å². The monoisotopic (exact) mass is 146 g/mol. The molecule has 0 saturated carbocycles. The van der Waals surface area contributed by atoms with Gasteiger partial charge in [0.2, 0.25) is 0 Å². The summed E-state index contributed by atoms with van der Waals surface area (Å²) in [5.74, 6) is 0. The molecule has 9 heavy (non-hydrogen) atoms. The zero-order valence-corrected chi connectivity index (χ0v) is 7.34. The summed E-state index contributed by atoms with van der Waals surface area (Å²) >= 11 is 0. The van der Waals surface area contributed by atoms with Gasteiger partial charge in [0.1, 0.15) is 0 Å². The van der Waals surface area contributed by atoms with Crippen molar-refractivity contribution in [1.29, 1.82) is 0 Å². The van der Waals surface area contributed by atoms with Gasteiger partial charge in [-0.2, -0.15) is 0 Å². The van der Waals surface area contributed by atoms with Crippen LogP contribution in [-0.2, 0) is 9.16 Å². The number of rotatable bonds is 6. The van der Waals surface area contributed by atoms with Crippen LogP contribution < -0.4 is 0 Å². The molecule has 0 aromatic heterocycles. The summed E-state index contributed by atoms with van der Waals surface area (Å²) in [7, 11) is -0.282. The van der Waals surface area contributed by atoms with Crippen molar-refractivity contribution in [2.75, 3.05) is 13.2 Å². The second-order valence-corrected chi connectivity index (χ2v) is 3.11. The molecular weight excluding hydrogens is 132 g/mol. The van der Waals surface area contributed by atoms with E-state index in [0.29, 0.717) is 0 Å². The quantitative estimate of drug-likeness (QED) is 0.312. The minimum atomic E-state index is -0.282. The lowest BCUT2D eigenvalue weighted by Gasteiger charge is -1.98. The van der Waals surface area contributed by atoms with Crippen LogP contribution in [0.25, 0.3) is 0 Å². The van der Waals surface area contributed by atoms with Crippen molar-refractivity contribution >= 4 is 9.76 Å². The third-order valence-electron chi connectivity index (χ3n) is 0.873. The molecule has 54 valence electrons. The van der Waals surface area contributed by atoms with Crippen molar-refractivity contribution in [3.8, 4) is 0 Å². The first kappa shape index (κ1) is 8.72. The molecule has 0 spiro atoms. The van der Waals surface area contributed by atoms with E-state index < -0.39 is 0 Å². The summed E-state index contributed by atoms with van der Waals surface area (Å²) in [5.41, 5.74) is 0. The Hall–Kier alpha value is -0.283. The first-order chi connectivity index (χ1) is 4.41. The van der Waals surface area contributed by atoms with Gasteiger partial charge in [-0.1, -0.05) is 6.58 Å². The molecule has 0 aliphatic rings. The first-order valence-corrected chi connectivity index (χ1v) is 4.79. The molecule has 0 radical (unpaired) electrons. The Labute approximate surface area is 58.8 Å². The molecular formula is C6H14O2Si. The number of hydrogen-bond donors (Lipinski definition) is 0. The van der Waals surface area contributed by atoms with Crippen LogP contribution in [0.4, 0.5) is 0 Å². The largest absolute Gasteiger partial charge is 0.502 e. The summed E-state index contributed by atoms with van der Waals surface area (Å²) in [4.78, 5) is 0. The molecule has 0 saturated heterocycles. The third-order valence-corrected chi connectivity index (χ3v) is 2.15. The molecule has 0 N–H and O–H groups in total. The molecule has 0 heterocycles. The molecule has 0 unspecified atom stereocenters. The fourth-order valence-electron chi connectivity index (χ4n) is 0.472. The van der Waals surface area contributed by atoms with Gasteiger partial charge in [0, 0.05) is 6.61 Å². The van der Waals surface area contributed by atoms with E-state index in [1.54, 1.807) is 0 Å². The molecule has 0 fully saturated rings. The number of hydrogen-bond acceptors (Lipinski definition) is 2. The molecule has 0 rings (SSSR count). The topological polar surface area (TPSA) is 18.5 Å². The SMILES string of the molecule is C=COCC[SiH2]OCC. The Morgan fingerprint density at radius 1 is 1.67 bits per heavy atom. The maximum atomic E-state index is 5.20. The van der Waals surface area contributed by atoms with Crippen LogP contribution in [0.3, 0.4) is 0 Å². The fourth-order valence-corrected chi connectivity index (χ4v) is 1.25. The Balaban J connectivity index is 2.66. The van der Waals surface area contributed by atoms with E-state index in [9.17, 15) is 0 Å². The van der Waals surface area contributed by atoms with E-state index >= 15 is 0 Å². The average molecular weight is 146 g/mol. The Bertz CT molecular complexity index is 66.1. The van der Waals surface area contributed by atoms with Gasteiger partial charge in [-0.05, 0) is 13.0 Å². The predicted molar refractivity (Wildman–Crippen MR) is 41.1 cm³/mol. The van der Waals surface area contributed by atoms with Crippen LogP contribution in [0.1, 0.15) is 6.92 Å². The highest BCUT2D eigenvalue weighted by molar-refractivity contribution is 6.27. The molecule has 2 nitrogen and oxygen atoms in total. The van der Waals surface area contributed by atoms with Crippen LogP contribution >= 0.6 is 0 Å². The van der Waals surface area contributed by atoms with Crippen LogP contribution in [0, 0.1) is 0 Å². The van der Waals surface area contributed by atoms with Gasteiger partial charge < -0.3 is 9.16 Å². The third kappa shape index (κ3) is 7.72. The van der Waals surface area contributed by atoms with E-state index in [1.165, 1.54) is 6.26 Å². The highest BCUT2D eigenvalue weighted by atomic mass is 28.2. The minimum absolute atomic E-state index is 0.282. The fraction of sp³-hybridized carbons (Fsp3) is 0.667. The van der Waals surface area contributed by atoms with Crippen molar-refractivity contribution in [3.63, 3.8) is 0 Å². The second kappa shape index (κ2) is 7.72. The van der Waals surface area contributed by atoms with Crippen molar-refractivity contribution in [2.24, 2.45) is 0 Å². The summed E-state index contributed by atoms with van der Waals surface area (Å²) < 4.78 is 10.1. The maximum Gasteiger partial charge on any atom is 0.164 e. The predicted octanol–water partition coefficient (Wildman–Crippen LogP) is 0.685. The van der Waals surface area contributed by atoms with Crippen LogP contribution in [0.15, 0.2) is 12.8 Å². The van der Waals surface area contributed by atoms with Crippen molar-refractivity contribution < 1.29 is 9.16 Å². The Kier molecular flexibility index (Phi) is 7.47. The van der Waals surface area contributed by atoms with Crippen LogP contribution in [-0.4, -0.2) is 23.0 Å². The maximum absolute atomic E-state index is 5.20.